The molecule has 0 saturated heterocycles. The summed E-state index contributed by atoms with van der Waals surface area (Å²) in [5.74, 6) is 0. The lowest BCUT2D eigenvalue weighted by Gasteiger charge is -2.13. The van der Waals surface area contributed by atoms with E-state index in [1.54, 1.807) is 6.07 Å². The number of pyridine rings is 1. The minimum atomic E-state index is -3.73. The molecule has 21 heavy (non-hydrogen) atoms. The zero-order valence-corrected chi connectivity index (χ0v) is 14.1. The Morgan fingerprint density at radius 3 is 2.52 bits per heavy atom. The summed E-state index contributed by atoms with van der Waals surface area (Å²) in [5.41, 5.74) is 8.66. The minimum absolute atomic E-state index is 0.0356. The van der Waals surface area contributed by atoms with Gasteiger partial charge in [0.1, 0.15) is 0 Å². The Hall–Kier alpha value is -1.44. The maximum absolute atomic E-state index is 12.4. The lowest BCUT2D eigenvalue weighted by Crippen LogP contribution is -2.16. The van der Waals surface area contributed by atoms with Crippen LogP contribution in [0.5, 0.6) is 0 Å². The molecule has 0 aliphatic heterocycles. The van der Waals surface area contributed by atoms with Crippen LogP contribution in [-0.2, 0) is 16.6 Å². The highest BCUT2D eigenvalue weighted by molar-refractivity contribution is 9.10. The molecule has 0 fully saturated rings. The van der Waals surface area contributed by atoms with Crippen molar-refractivity contribution < 1.29 is 8.42 Å². The predicted molar refractivity (Wildman–Crippen MR) is 86.6 cm³/mol. The molecule has 1 heterocycles. The third-order valence-corrected chi connectivity index (χ3v) is 4.87. The Kier molecular flexibility index (Phi) is 4.65. The van der Waals surface area contributed by atoms with Crippen molar-refractivity contribution in [3.8, 4) is 0 Å². The van der Waals surface area contributed by atoms with E-state index in [0.717, 1.165) is 16.7 Å². The van der Waals surface area contributed by atoms with Crippen LogP contribution in [0.4, 0.5) is 5.69 Å². The Morgan fingerprint density at radius 2 is 2.00 bits per heavy atom. The van der Waals surface area contributed by atoms with Gasteiger partial charge in [0.25, 0.3) is 10.0 Å². The number of aryl methyl sites for hydroxylation is 2. The maximum Gasteiger partial charge on any atom is 0.279 e. The molecule has 0 unspecified atom stereocenters. The number of benzene rings is 1. The lowest BCUT2D eigenvalue weighted by molar-refractivity contribution is 0.597. The summed E-state index contributed by atoms with van der Waals surface area (Å²) in [4.78, 5) is 3.95. The van der Waals surface area contributed by atoms with Gasteiger partial charge in [-0.05, 0) is 58.6 Å². The molecule has 2 aromatic rings. The Morgan fingerprint density at radius 1 is 1.29 bits per heavy atom. The number of nitrogens with two attached hydrogens (primary N) is 1. The van der Waals surface area contributed by atoms with Crippen LogP contribution in [0, 0.1) is 13.8 Å². The van der Waals surface area contributed by atoms with Gasteiger partial charge in [0.2, 0.25) is 0 Å². The van der Waals surface area contributed by atoms with Crippen LogP contribution in [-0.4, -0.2) is 13.4 Å². The van der Waals surface area contributed by atoms with Crippen LogP contribution in [0.3, 0.4) is 0 Å². The van der Waals surface area contributed by atoms with E-state index >= 15 is 0 Å². The Labute approximate surface area is 132 Å². The molecule has 0 saturated carbocycles. The second-order valence-corrected chi connectivity index (χ2v) is 7.24. The predicted octanol–water partition coefficient (Wildman–Crippen LogP) is 2.72. The van der Waals surface area contributed by atoms with Crippen LogP contribution in [0.2, 0.25) is 0 Å². The smallest absolute Gasteiger partial charge is 0.279 e. The summed E-state index contributed by atoms with van der Waals surface area (Å²) in [6, 6.07) is 6.87. The maximum atomic E-state index is 12.4. The summed E-state index contributed by atoms with van der Waals surface area (Å²) in [6.07, 6.45) is 1.46. The van der Waals surface area contributed by atoms with Gasteiger partial charge in [-0.25, -0.2) is 4.98 Å². The van der Waals surface area contributed by atoms with Gasteiger partial charge in [-0.15, -0.1) is 0 Å². The zero-order chi connectivity index (χ0) is 15.6. The summed E-state index contributed by atoms with van der Waals surface area (Å²) < 4.78 is 28.0. The first kappa shape index (κ1) is 15.9. The second kappa shape index (κ2) is 6.13. The molecule has 1 aromatic heterocycles. The van der Waals surface area contributed by atoms with Crippen molar-refractivity contribution >= 4 is 31.6 Å². The number of halogens is 1. The molecule has 2 rings (SSSR count). The van der Waals surface area contributed by atoms with Crippen LogP contribution >= 0.6 is 15.9 Å². The monoisotopic (exact) mass is 369 g/mol. The van der Waals surface area contributed by atoms with Gasteiger partial charge >= 0.3 is 0 Å². The molecule has 1 aromatic carbocycles. The molecule has 0 aliphatic rings. The van der Waals surface area contributed by atoms with Crippen molar-refractivity contribution in [1.29, 1.82) is 0 Å². The van der Waals surface area contributed by atoms with Crippen LogP contribution < -0.4 is 10.5 Å². The van der Waals surface area contributed by atoms with Crippen molar-refractivity contribution in [1.82, 2.24) is 4.98 Å². The molecular weight excluding hydrogens is 354 g/mol. The number of nitrogens with zero attached hydrogens (tertiary/aromatic N) is 1. The fraction of sp³-hybridized carbons (Fsp3) is 0.214. The Balaban J connectivity index is 2.37. The summed E-state index contributed by atoms with van der Waals surface area (Å²) in [5, 5.41) is -0.0356. The number of anilines is 1. The normalized spacial score (nSPS) is 11.4. The van der Waals surface area contributed by atoms with Gasteiger partial charge < -0.3 is 5.73 Å². The molecule has 0 amide bonds. The van der Waals surface area contributed by atoms with E-state index in [1.165, 1.54) is 12.3 Å². The van der Waals surface area contributed by atoms with E-state index in [1.807, 2.05) is 26.0 Å². The zero-order valence-electron chi connectivity index (χ0n) is 11.7. The quantitative estimate of drug-likeness (QED) is 0.867. The molecule has 7 heteroatoms. The number of sulfonamides is 1. The van der Waals surface area contributed by atoms with Gasteiger partial charge in [0.05, 0.1) is 5.69 Å². The molecular formula is C14H16BrN3O2S. The average Bonchev–Trinajstić information content (AvgIpc) is 2.43. The van der Waals surface area contributed by atoms with Gasteiger partial charge in [-0.2, -0.15) is 8.42 Å². The summed E-state index contributed by atoms with van der Waals surface area (Å²) in [7, 11) is -3.73. The van der Waals surface area contributed by atoms with Gasteiger partial charge in [-0.3, -0.25) is 4.72 Å². The first-order chi connectivity index (χ1) is 9.83. The number of hydrogen-bond donors (Lipinski definition) is 2. The van der Waals surface area contributed by atoms with Gasteiger partial charge in [-0.1, -0.05) is 12.1 Å². The van der Waals surface area contributed by atoms with E-state index in [4.69, 9.17) is 5.73 Å². The lowest BCUT2D eigenvalue weighted by atomic mass is 10.1. The van der Waals surface area contributed by atoms with Crippen LogP contribution in [0.15, 0.2) is 40.0 Å². The van der Waals surface area contributed by atoms with Crippen molar-refractivity contribution in [2.75, 3.05) is 4.72 Å². The number of nitrogens with one attached hydrogen (secondary N) is 1. The number of rotatable bonds is 4. The molecule has 0 bridgehead atoms. The average molecular weight is 370 g/mol. The molecule has 0 radical (unpaired) electrons. The summed E-state index contributed by atoms with van der Waals surface area (Å²) >= 11 is 3.38. The molecule has 0 atom stereocenters. The van der Waals surface area contributed by atoms with Gasteiger partial charge in [0.15, 0.2) is 5.03 Å². The van der Waals surface area contributed by atoms with E-state index in [9.17, 15) is 8.42 Å². The second-order valence-electron chi connectivity index (χ2n) is 4.75. The molecule has 5 nitrogen and oxygen atoms in total. The number of hydrogen-bond acceptors (Lipinski definition) is 4. The highest BCUT2D eigenvalue weighted by Gasteiger charge is 2.18. The fourth-order valence-corrected chi connectivity index (χ4v) is 3.91. The fourth-order valence-electron chi connectivity index (χ4n) is 1.92. The van der Waals surface area contributed by atoms with E-state index < -0.39 is 10.0 Å². The van der Waals surface area contributed by atoms with Crippen molar-refractivity contribution in [2.24, 2.45) is 5.73 Å². The third-order valence-electron chi connectivity index (χ3n) is 2.98. The molecule has 112 valence electrons. The standard InChI is InChI=1S/C14H16BrN3O2S/c1-9-5-10(2)14(12(15)6-9)18-21(19,20)13-4-3-11(7-16)8-17-13/h3-6,8,18H,7,16H2,1-2H3. The molecule has 0 spiro atoms. The first-order valence-electron chi connectivity index (χ1n) is 6.28. The third kappa shape index (κ3) is 3.61. The molecule has 0 aliphatic carbocycles. The largest absolute Gasteiger partial charge is 0.326 e. The van der Waals surface area contributed by atoms with Crippen molar-refractivity contribution in [3.63, 3.8) is 0 Å². The van der Waals surface area contributed by atoms with Crippen LogP contribution in [0.1, 0.15) is 16.7 Å². The topological polar surface area (TPSA) is 85.1 Å². The minimum Gasteiger partial charge on any atom is -0.326 e. The SMILES string of the molecule is Cc1cc(C)c(NS(=O)(=O)c2ccc(CN)cn2)c(Br)c1. The summed E-state index contributed by atoms with van der Waals surface area (Å²) in [6.45, 7) is 4.12. The van der Waals surface area contributed by atoms with Crippen molar-refractivity contribution in [2.45, 2.75) is 25.4 Å². The first-order valence-corrected chi connectivity index (χ1v) is 8.55. The highest BCUT2D eigenvalue weighted by Crippen LogP contribution is 2.29. The highest BCUT2D eigenvalue weighted by atomic mass is 79.9. The van der Waals surface area contributed by atoms with Crippen LogP contribution in [0.25, 0.3) is 0 Å². The number of aromatic nitrogens is 1. The molecule has 3 N–H and O–H groups in total. The van der Waals surface area contributed by atoms with E-state index in [0.29, 0.717) is 16.7 Å². The van der Waals surface area contributed by atoms with Crippen molar-refractivity contribution in [3.05, 3.63) is 51.6 Å². The van der Waals surface area contributed by atoms with E-state index in [2.05, 4.69) is 25.6 Å². The van der Waals surface area contributed by atoms with E-state index in [-0.39, 0.29) is 5.03 Å². The Bertz CT molecular complexity index is 735. The van der Waals surface area contributed by atoms with Gasteiger partial charge in [0, 0.05) is 17.2 Å².